The molecule has 0 amide bonds. The van der Waals surface area contributed by atoms with Crippen LogP contribution < -0.4 is 11.5 Å². The molecule has 0 heterocycles. The van der Waals surface area contributed by atoms with E-state index in [1.807, 2.05) is 0 Å². The Labute approximate surface area is 95.8 Å². The average Bonchev–Trinajstić information content (AvgIpc) is 2.19. The van der Waals surface area contributed by atoms with Gasteiger partial charge >= 0.3 is 0 Å². The SMILES string of the molecule is Cc1cc(F)c(C=NN=C(N)N)c([N+](=O)[O-])c1. The number of aryl methyl sites for hydroxylation is 1. The number of benzene rings is 1. The molecule has 17 heavy (non-hydrogen) atoms. The summed E-state index contributed by atoms with van der Waals surface area (Å²) in [5.41, 5.74) is 9.78. The first-order valence-electron chi connectivity index (χ1n) is 4.48. The van der Waals surface area contributed by atoms with Gasteiger partial charge in [-0.3, -0.25) is 10.1 Å². The van der Waals surface area contributed by atoms with Crippen LogP contribution in [0.4, 0.5) is 10.1 Å². The van der Waals surface area contributed by atoms with Gasteiger partial charge in [0.15, 0.2) is 0 Å². The van der Waals surface area contributed by atoms with Crippen LogP contribution in [-0.4, -0.2) is 17.1 Å². The third kappa shape index (κ3) is 3.23. The largest absolute Gasteiger partial charge is 0.369 e. The highest BCUT2D eigenvalue weighted by molar-refractivity contribution is 5.86. The molecule has 0 unspecified atom stereocenters. The van der Waals surface area contributed by atoms with E-state index in [1.54, 1.807) is 6.92 Å². The van der Waals surface area contributed by atoms with E-state index in [0.29, 0.717) is 5.56 Å². The molecule has 8 heteroatoms. The molecule has 0 saturated carbocycles. The Hall–Kier alpha value is -2.51. The Morgan fingerprint density at radius 3 is 2.71 bits per heavy atom. The van der Waals surface area contributed by atoms with Crippen molar-refractivity contribution in [3.63, 3.8) is 0 Å². The normalized spacial score (nSPS) is 10.5. The van der Waals surface area contributed by atoms with Crippen molar-refractivity contribution in [1.82, 2.24) is 0 Å². The lowest BCUT2D eigenvalue weighted by Crippen LogP contribution is -2.21. The average molecular weight is 239 g/mol. The van der Waals surface area contributed by atoms with Gasteiger partial charge in [0.2, 0.25) is 5.96 Å². The summed E-state index contributed by atoms with van der Waals surface area (Å²) >= 11 is 0. The highest BCUT2D eigenvalue weighted by Crippen LogP contribution is 2.21. The summed E-state index contributed by atoms with van der Waals surface area (Å²) in [5.74, 6) is -1.08. The maximum atomic E-state index is 13.5. The molecule has 1 aromatic carbocycles. The highest BCUT2D eigenvalue weighted by atomic mass is 19.1. The second-order valence-corrected chi connectivity index (χ2v) is 3.21. The minimum atomic E-state index is -0.758. The van der Waals surface area contributed by atoms with Crippen LogP contribution in [0.5, 0.6) is 0 Å². The third-order valence-electron chi connectivity index (χ3n) is 1.81. The van der Waals surface area contributed by atoms with E-state index < -0.39 is 16.4 Å². The molecule has 1 rings (SSSR count). The van der Waals surface area contributed by atoms with Crippen LogP contribution in [0.3, 0.4) is 0 Å². The molecule has 0 atom stereocenters. The molecule has 0 radical (unpaired) electrons. The van der Waals surface area contributed by atoms with E-state index in [-0.39, 0.29) is 11.5 Å². The first-order valence-corrected chi connectivity index (χ1v) is 4.48. The molecule has 4 N–H and O–H groups in total. The zero-order valence-corrected chi connectivity index (χ0v) is 8.92. The maximum absolute atomic E-state index is 13.5. The van der Waals surface area contributed by atoms with Crippen molar-refractivity contribution in [2.75, 3.05) is 0 Å². The molecule has 90 valence electrons. The lowest BCUT2D eigenvalue weighted by atomic mass is 10.1. The van der Waals surface area contributed by atoms with Crippen LogP contribution in [0.15, 0.2) is 22.3 Å². The van der Waals surface area contributed by atoms with Crippen molar-refractivity contribution in [1.29, 1.82) is 0 Å². The monoisotopic (exact) mass is 239 g/mol. The molecule has 0 aliphatic rings. The molecule has 0 fully saturated rings. The molecule has 0 aliphatic heterocycles. The molecule has 0 saturated heterocycles. The van der Waals surface area contributed by atoms with E-state index in [1.165, 1.54) is 6.07 Å². The fourth-order valence-electron chi connectivity index (χ4n) is 1.17. The Balaban J connectivity index is 3.26. The van der Waals surface area contributed by atoms with Crippen LogP contribution in [0.25, 0.3) is 0 Å². The van der Waals surface area contributed by atoms with Gasteiger partial charge in [0, 0.05) is 6.07 Å². The fourth-order valence-corrected chi connectivity index (χ4v) is 1.17. The summed E-state index contributed by atoms with van der Waals surface area (Å²) in [6.45, 7) is 1.55. The molecule has 0 spiro atoms. The molecule has 0 bridgehead atoms. The van der Waals surface area contributed by atoms with Crippen molar-refractivity contribution in [3.8, 4) is 0 Å². The molecule has 1 aromatic rings. The Morgan fingerprint density at radius 2 is 2.18 bits per heavy atom. The van der Waals surface area contributed by atoms with Gasteiger partial charge in [-0.25, -0.2) is 4.39 Å². The quantitative estimate of drug-likeness (QED) is 0.348. The minimum Gasteiger partial charge on any atom is -0.369 e. The second kappa shape index (κ2) is 5.01. The molecular formula is C9H10FN5O2. The number of hydrogen-bond donors (Lipinski definition) is 2. The number of guanidine groups is 1. The lowest BCUT2D eigenvalue weighted by Gasteiger charge is -2.00. The number of nitro groups is 1. The van der Waals surface area contributed by atoms with E-state index in [9.17, 15) is 14.5 Å². The van der Waals surface area contributed by atoms with Crippen LogP contribution in [0.2, 0.25) is 0 Å². The predicted molar refractivity (Wildman–Crippen MR) is 61.2 cm³/mol. The summed E-state index contributed by atoms with van der Waals surface area (Å²) in [7, 11) is 0. The van der Waals surface area contributed by atoms with Gasteiger partial charge < -0.3 is 11.5 Å². The lowest BCUT2D eigenvalue weighted by molar-refractivity contribution is -0.385. The van der Waals surface area contributed by atoms with Gasteiger partial charge in [-0.1, -0.05) is 0 Å². The highest BCUT2D eigenvalue weighted by Gasteiger charge is 2.17. The Kier molecular flexibility index (Phi) is 3.70. The van der Waals surface area contributed by atoms with E-state index >= 15 is 0 Å². The molecule has 0 aliphatic carbocycles. The zero-order valence-electron chi connectivity index (χ0n) is 8.92. The summed E-state index contributed by atoms with van der Waals surface area (Å²) < 4.78 is 13.5. The first kappa shape index (κ1) is 12.6. The number of rotatable bonds is 3. The van der Waals surface area contributed by atoms with Gasteiger partial charge in [-0.15, -0.1) is 5.10 Å². The van der Waals surface area contributed by atoms with Gasteiger partial charge in [-0.2, -0.15) is 5.10 Å². The van der Waals surface area contributed by atoms with Crippen LogP contribution >= 0.6 is 0 Å². The van der Waals surface area contributed by atoms with Gasteiger partial charge in [-0.05, 0) is 18.6 Å². The maximum Gasteiger partial charge on any atom is 0.281 e. The number of nitro benzene ring substituents is 1. The van der Waals surface area contributed by atoms with Crippen molar-refractivity contribution in [3.05, 3.63) is 39.2 Å². The van der Waals surface area contributed by atoms with Gasteiger partial charge in [0.25, 0.3) is 5.69 Å². The zero-order chi connectivity index (χ0) is 13.0. The summed E-state index contributed by atoms with van der Waals surface area (Å²) in [6, 6.07) is 2.39. The van der Waals surface area contributed by atoms with Gasteiger partial charge in [0.1, 0.15) is 11.4 Å². The summed E-state index contributed by atoms with van der Waals surface area (Å²) in [5, 5.41) is 17.3. The number of nitrogens with two attached hydrogens (primary N) is 2. The Morgan fingerprint density at radius 1 is 1.53 bits per heavy atom. The van der Waals surface area contributed by atoms with Crippen LogP contribution in [0, 0.1) is 22.9 Å². The van der Waals surface area contributed by atoms with Crippen LogP contribution in [-0.2, 0) is 0 Å². The topological polar surface area (TPSA) is 120 Å². The van der Waals surface area contributed by atoms with Crippen molar-refractivity contribution in [2.24, 2.45) is 21.7 Å². The van der Waals surface area contributed by atoms with Gasteiger partial charge in [0.05, 0.1) is 11.1 Å². The number of hydrogen-bond acceptors (Lipinski definition) is 4. The van der Waals surface area contributed by atoms with E-state index in [0.717, 1.165) is 12.3 Å². The van der Waals surface area contributed by atoms with E-state index in [4.69, 9.17) is 11.5 Å². The summed E-state index contributed by atoms with van der Waals surface area (Å²) in [6.07, 6.45) is 0.895. The van der Waals surface area contributed by atoms with E-state index in [2.05, 4.69) is 10.2 Å². The molecular weight excluding hydrogens is 229 g/mol. The summed E-state index contributed by atoms with van der Waals surface area (Å²) in [4.78, 5) is 10.0. The Bertz CT molecular complexity index is 508. The molecule has 7 nitrogen and oxygen atoms in total. The number of halogens is 1. The molecule has 0 aromatic heterocycles. The predicted octanol–water partition coefficient (Wildman–Crippen LogP) is 0.650. The smallest absolute Gasteiger partial charge is 0.281 e. The van der Waals surface area contributed by atoms with Crippen molar-refractivity contribution < 1.29 is 9.31 Å². The van der Waals surface area contributed by atoms with Crippen molar-refractivity contribution in [2.45, 2.75) is 6.92 Å². The first-order chi connectivity index (χ1) is 7.91. The van der Waals surface area contributed by atoms with Crippen molar-refractivity contribution >= 4 is 17.9 Å². The standard InChI is InChI=1S/C9H10FN5O2/c1-5-2-7(10)6(4-13-14-9(11)12)8(3-5)15(16)17/h2-4H,1H3,(H4,11,12,14). The second-order valence-electron chi connectivity index (χ2n) is 3.21. The minimum absolute atomic E-state index is 0.273. The third-order valence-corrected chi connectivity index (χ3v) is 1.81. The fraction of sp³-hybridized carbons (Fsp3) is 0.111. The van der Waals surface area contributed by atoms with Crippen LogP contribution in [0.1, 0.15) is 11.1 Å². The number of nitrogens with zero attached hydrogens (tertiary/aromatic N) is 3.